The molecule has 0 spiro atoms. The Labute approximate surface area is 105 Å². The molecular weight excluding hydrogens is 233 g/mol. The maximum atomic E-state index is 13.2. The van der Waals surface area contributed by atoms with Crippen molar-refractivity contribution in [2.75, 3.05) is 7.11 Å². The predicted molar refractivity (Wildman–Crippen MR) is 66.8 cm³/mol. The lowest BCUT2D eigenvalue weighted by Gasteiger charge is -2.08. The number of aryl methyl sites for hydroxylation is 1. The molecule has 2 aromatic rings. The van der Waals surface area contributed by atoms with Gasteiger partial charge in [-0.2, -0.15) is 0 Å². The van der Waals surface area contributed by atoms with E-state index in [-0.39, 0.29) is 12.4 Å². The van der Waals surface area contributed by atoms with Gasteiger partial charge in [-0.05, 0) is 36.2 Å². The maximum absolute atomic E-state index is 13.2. The monoisotopic (exact) mass is 247 g/mol. The average Bonchev–Trinajstić information content (AvgIpc) is 2.41. The van der Waals surface area contributed by atoms with Gasteiger partial charge in [-0.3, -0.25) is 0 Å². The Morgan fingerprint density at radius 1 is 1.28 bits per heavy atom. The number of nitrogens with zero attached hydrogens (tertiary/aromatic N) is 1. The maximum Gasteiger partial charge on any atom is 0.218 e. The van der Waals surface area contributed by atoms with Crippen molar-refractivity contribution in [1.29, 1.82) is 0 Å². The highest BCUT2D eigenvalue weighted by Crippen LogP contribution is 2.25. The Bertz CT molecular complexity index is 570. The fourth-order valence-corrected chi connectivity index (χ4v) is 1.78. The highest BCUT2D eigenvalue weighted by atomic mass is 19.1. The van der Waals surface area contributed by atoms with Gasteiger partial charge in [0.25, 0.3) is 0 Å². The number of halogens is 1. The summed E-state index contributed by atoms with van der Waals surface area (Å²) in [6.45, 7) is 1.56. The lowest BCUT2D eigenvalue weighted by molar-refractivity contribution is 0.271. The van der Waals surface area contributed by atoms with Gasteiger partial charge in [0.05, 0.1) is 13.7 Å². The molecule has 1 heterocycles. The molecule has 2 rings (SSSR count). The Morgan fingerprint density at radius 3 is 2.67 bits per heavy atom. The van der Waals surface area contributed by atoms with Gasteiger partial charge in [0.15, 0.2) is 0 Å². The number of ether oxygens (including phenoxy) is 1. The summed E-state index contributed by atoms with van der Waals surface area (Å²) >= 11 is 0. The average molecular weight is 247 g/mol. The van der Waals surface area contributed by atoms with Crippen LogP contribution in [0.25, 0.3) is 11.1 Å². The van der Waals surface area contributed by atoms with Crippen LogP contribution in [0.5, 0.6) is 5.88 Å². The molecule has 1 N–H and O–H groups in total. The number of pyridine rings is 1. The van der Waals surface area contributed by atoms with Crippen LogP contribution in [0.15, 0.2) is 30.5 Å². The zero-order valence-corrected chi connectivity index (χ0v) is 10.3. The molecule has 0 fully saturated rings. The van der Waals surface area contributed by atoms with E-state index in [0.717, 1.165) is 11.1 Å². The van der Waals surface area contributed by atoms with Crippen LogP contribution >= 0.6 is 0 Å². The molecule has 0 bridgehead atoms. The third-order valence-electron chi connectivity index (χ3n) is 2.78. The second-order valence-electron chi connectivity index (χ2n) is 4.01. The number of rotatable bonds is 3. The fourth-order valence-electron chi connectivity index (χ4n) is 1.78. The van der Waals surface area contributed by atoms with E-state index >= 15 is 0 Å². The first-order valence-electron chi connectivity index (χ1n) is 5.56. The SMILES string of the molecule is COc1ncc(-c2ccc(F)c(C)c2)cc1CO. The van der Waals surface area contributed by atoms with Crippen molar-refractivity contribution in [1.82, 2.24) is 4.98 Å². The lowest BCUT2D eigenvalue weighted by atomic mass is 10.0. The van der Waals surface area contributed by atoms with Gasteiger partial charge in [-0.25, -0.2) is 9.37 Å². The summed E-state index contributed by atoms with van der Waals surface area (Å²) in [5.74, 6) is 0.169. The summed E-state index contributed by atoms with van der Waals surface area (Å²) < 4.78 is 18.2. The number of aromatic nitrogens is 1. The summed E-state index contributed by atoms with van der Waals surface area (Å²) in [7, 11) is 1.50. The van der Waals surface area contributed by atoms with E-state index in [4.69, 9.17) is 4.74 Å². The summed E-state index contributed by atoms with van der Waals surface area (Å²) in [5, 5.41) is 9.24. The summed E-state index contributed by atoms with van der Waals surface area (Å²) in [6.07, 6.45) is 1.64. The van der Waals surface area contributed by atoms with E-state index in [0.29, 0.717) is 17.0 Å². The highest BCUT2D eigenvalue weighted by Gasteiger charge is 2.07. The molecule has 3 nitrogen and oxygen atoms in total. The van der Waals surface area contributed by atoms with E-state index in [2.05, 4.69) is 4.98 Å². The van der Waals surface area contributed by atoms with Crippen LogP contribution in [-0.2, 0) is 6.61 Å². The predicted octanol–water partition coefficient (Wildman–Crippen LogP) is 2.70. The van der Waals surface area contributed by atoms with Crippen molar-refractivity contribution in [3.8, 4) is 17.0 Å². The summed E-state index contributed by atoms with van der Waals surface area (Å²) in [6, 6.07) is 6.65. The van der Waals surface area contributed by atoms with E-state index in [1.807, 2.05) is 0 Å². The standard InChI is InChI=1S/C14H14FNO2/c1-9-5-10(3-4-13(9)15)11-6-12(8-17)14(18-2)16-7-11/h3-7,17H,8H2,1-2H3. The zero-order valence-electron chi connectivity index (χ0n) is 10.3. The molecule has 0 saturated carbocycles. The second-order valence-corrected chi connectivity index (χ2v) is 4.01. The number of hydrogen-bond donors (Lipinski definition) is 1. The fraction of sp³-hybridized carbons (Fsp3) is 0.214. The van der Waals surface area contributed by atoms with Gasteiger partial charge in [0.2, 0.25) is 5.88 Å². The van der Waals surface area contributed by atoms with Crippen LogP contribution in [0.1, 0.15) is 11.1 Å². The molecule has 18 heavy (non-hydrogen) atoms. The highest BCUT2D eigenvalue weighted by molar-refractivity contribution is 5.64. The molecule has 1 aromatic carbocycles. The van der Waals surface area contributed by atoms with Gasteiger partial charge in [-0.1, -0.05) is 6.07 Å². The first kappa shape index (κ1) is 12.5. The third kappa shape index (κ3) is 2.33. The van der Waals surface area contributed by atoms with Crippen LogP contribution in [0.3, 0.4) is 0 Å². The third-order valence-corrected chi connectivity index (χ3v) is 2.78. The molecule has 1 aromatic heterocycles. The first-order valence-corrected chi connectivity index (χ1v) is 5.56. The quantitative estimate of drug-likeness (QED) is 0.906. The Balaban J connectivity index is 2.47. The van der Waals surface area contributed by atoms with Crippen molar-refractivity contribution >= 4 is 0 Å². The smallest absolute Gasteiger partial charge is 0.218 e. The van der Waals surface area contributed by atoms with Crippen molar-refractivity contribution in [3.63, 3.8) is 0 Å². The van der Waals surface area contributed by atoms with Gasteiger partial charge in [-0.15, -0.1) is 0 Å². The van der Waals surface area contributed by atoms with Gasteiger partial charge >= 0.3 is 0 Å². The van der Waals surface area contributed by atoms with Crippen molar-refractivity contribution < 1.29 is 14.2 Å². The molecule has 0 atom stereocenters. The lowest BCUT2D eigenvalue weighted by Crippen LogP contribution is -1.96. The topological polar surface area (TPSA) is 42.4 Å². The number of benzene rings is 1. The molecule has 0 amide bonds. The molecule has 0 aliphatic heterocycles. The molecule has 0 aliphatic rings. The minimum atomic E-state index is -0.234. The second kappa shape index (κ2) is 5.14. The number of methoxy groups -OCH3 is 1. The normalized spacial score (nSPS) is 10.4. The Kier molecular flexibility index (Phi) is 3.58. The Hall–Kier alpha value is -1.94. The van der Waals surface area contributed by atoms with Crippen LogP contribution in [0.2, 0.25) is 0 Å². The minimum Gasteiger partial charge on any atom is -0.481 e. The number of aliphatic hydroxyl groups excluding tert-OH is 1. The van der Waals surface area contributed by atoms with E-state index in [9.17, 15) is 9.50 Å². The molecule has 0 saturated heterocycles. The minimum absolute atomic E-state index is 0.149. The van der Waals surface area contributed by atoms with Crippen LogP contribution in [0.4, 0.5) is 4.39 Å². The number of hydrogen-bond acceptors (Lipinski definition) is 3. The van der Waals surface area contributed by atoms with Crippen molar-refractivity contribution in [2.24, 2.45) is 0 Å². The summed E-state index contributed by atoms with van der Waals surface area (Å²) in [5.41, 5.74) is 2.87. The molecule has 0 aliphatic carbocycles. The van der Waals surface area contributed by atoms with Crippen LogP contribution in [-0.4, -0.2) is 17.2 Å². The molecular formula is C14H14FNO2. The van der Waals surface area contributed by atoms with E-state index in [1.54, 1.807) is 31.3 Å². The molecule has 4 heteroatoms. The van der Waals surface area contributed by atoms with Crippen molar-refractivity contribution in [2.45, 2.75) is 13.5 Å². The van der Waals surface area contributed by atoms with E-state index in [1.165, 1.54) is 13.2 Å². The van der Waals surface area contributed by atoms with Crippen LogP contribution in [0, 0.1) is 12.7 Å². The largest absolute Gasteiger partial charge is 0.481 e. The number of aliphatic hydroxyl groups is 1. The van der Waals surface area contributed by atoms with Crippen LogP contribution < -0.4 is 4.74 Å². The molecule has 94 valence electrons. The Morgan fingerprint density at radius 2 is 2.06 bits per heavy atom. The van der Waals surface area contributed by atoms with Crippen molar-refractivity contribution in [3.05, 3.63) is 47.4 Å². The van der Waals surface area contributed by atoms with Gasteiger partial charge in [0, 0.05) is 17.3 Å². The zero-order chi connectivity index (χ0) is 13.1. The van der Waals surface area contributed by atoms with E-state index < -0.39 is 0 Å². The molecule has 0 unspecified atom stereocenters. The molecule has 0 radical (unpaired) electrons. The summed E-state index contributed by atoms with van der Waals surface area (Å²) in [4.78, 5) is 4.12. The van der Waals surface area contributed by atoms with Gasteiger partial charge < -0.3 is 9.84 Å². The van der Waals surface area contributed by atoms with Gasteiger partial charge in [0.1, 0.15) is 5.82 Å². The first-order chi connectivity index (χ1) is 8.65.